The minimum absolute atomic E-state index is 0.0269. The van der Waals surface area contributed by atoms with Gasteiger partial charge in [-0.2, -0.15) is 0 Å². The van der Waals surface area contributed by atoms with Crippen LogP contribution in [0.1, 0.15) is 91.9 Å². The van der Waals surface area contributed by atoms with Gasteiger partial charge in [-0.1, -0.05) is 51.0 Å². The van der Waals surface area contributed by atoms with Crippen LogP contribution in [0, 0.1) is 23.2 Å². The van der Waals surface area contributed by atoms with Gasteiger partial charge in [-0.3, -0.25) is 0 Å². The fourth-order valence-electron chi connectivity index (χ4n) is 7.21. The van der Waals surface area contributed by atoms with E-state index < -0.39 is 23.9 Å². The second kappa shape index (κ2) is 12.0. The van der Waals surface area contributed by atoms with Gasteiger partial charge in [0.2, 0.25) is 0 Å². The maximum atomic E-state index is 10.7. The number of hydrogen-bond acceptors (Lipinski definition) is 5. The van der Waals surface area contributed by atoms with Crippen molar-refractivity contribution in [1.29, 1.82) is 0 Å². The molecule has 5 heteroatoms. The van der Waals surface area contributed by atoms with Crippen LogP contribution in [-0.4, -0.2) is 57.6 Å². The molecule has 7 atom stereocenters. The van der Waals surface area contributed by atoms with Gasteiger partial charge >= 0.3 is 0 Å². The molecule has 3 aliphatic carbocycles. The lowest BCUT2D eigenvalue weighted by Crippen LogP contribution is -2.45. The predicted molar refractivity (Wildman–Crippen MR) is 141 cm³/mol. The molecule has 1 unspecified atom stereocenters. The van der Waals surface area contributed by atoms with Crippen LogP contribution in [0.3, 0.4) is 0 Å². The first kappa shape index (κ1) is 28.6. The van der Waals surface area contributed by atoms with E-state index in [2.05, 4.69) is 32.6 Å². The molecule has 35 heavy (non-hydrogen) atoms. The van der Waals surface area contributed by atoms with Crippen molar-refractivity contribution in [2.75, 3.05) is 13.2 Å². The van der Waals surface area contributed by atoms with E-state index in [4.69, 9.17) is 9.84 Å². The number of aliphatic hydroxyl groups is 4. The third-order valence-electron chi connectivity index (χ3n) is 9.17. The molecule has 0 amide bonds. The summed E-state index contributed by atoms with van der Waals surface area (Å²) in [6.45, 7) is 13.2. The highest BCUT2D eigenvalue weighted by Crippen LogP contribution is 2.60. The topological polar surface area (TPSA) is 90.2 Å². The van der Waals surface area contributed by atoms with Gasteiger partial charge in [0, 0.05) is 19.6 Å². The van der Waals surface area contributed by atoms with Crippen LogP contribution in [0.2, 0.25) is 0 Å². The molecule has 3 rings (SSSR count). The lowest BCUT2D eigenvalue weighted by molar-refractivity contribution is -0.0968. The van der Waals surface area contributed by atoms with E-state index in [9.17, 15) is 15.3 Å². The summed E-state index contributed by atoms with van der Waals surface area (Å²) in [5.41, 5.74) is 2.79. The minimum atomic E-state index is -0.931. The summed E-state index contributed by atoms with van der Waals surface area (Å²) in [4.78, 5) is 0. The van der Waals surface area contributed by atoms with Gasteiger partial charge < -0.3 is 25.2 Å². The Kier molecular flexibility index (Phi) is 9.84. The summed E-state index contributed by atoms with van der Waals surface area (Å²) >= 11 is 0. The fraction of sp³-hybridized carbons (Fsp3) is 0.800. The van der Waals surface area contributed by atoms with Gasteiger partial charge in [0.15, 0.2) is 0 Å². The summed E-state index contributed by atoms with van der Waals surface area (Å²) in [6.07, 6.45) is 12.1. The molecule has 0 spiro atoms. The van der Waals surface area contributed by atoms with E-state index in [-0.39, 0.29) is 6.61 Å². The Labute approximate surface area is 213 Å². The molecule has 200 valence electrons. The lowest BCUT2D eigenvalue weighted by Gasteiger charge is -2.44. The zero-order chi connectivity index (χ0) is 25.8. The highest BCUT2D eigenvalue weighted by Gasteiger charge is 2.50. The third kappa shape index (κ3) is 6.87. The van der Waals surface area contributed by atoms with E-state index in [0.29, 0.717) is 42.3 Å². The molecule has 0 aromatic carbocycles. The summed E-state index contributed by atoms with van der Waals surface area (Å²) < 4.78 is 5.63. The number of ether oxygens (including phenoxy) is 1. The number of hydrogen-bond donors (Lipinski definition) is 4. The fourth-order valence-corrected chi connectivity index (χ4v) is 7.21. The quantitative estimate of drug-likeness (QED) is 0.321. The Morgan fingerprint density at radius 2 is 1.94 bits per heavy atom. The largest absolute Gasteiger partial charge is 0.396 e. The maximum absolute atomic E-state index is 10.7. The summed E-state index contributed by atoms with van der Waals surface area (Å²) in [6, 6.07) is 0. The molecule has 3 aliphatic rings. The SMILES string of the molecule is C=C1/C(=C/C=C2/CCC[C@@]3(C)C2CC[C@@H]3[C@H](C)CCCC(C)(C)O)C[C@@H](O)[C@H](OCCCO)[C@@H]1O. The average Bonchev–Trinajstić information content (AvgIpc) is 3.14. The molecule has 0 aromatic rings. The first-order valence-electron chi connectivity index (χ1n) is 13.9. The van der Waals surface area contributed by atoms with Gasteiger partial charge in [-0.05, 0) is 93.1 Å². The van der Waals surface area contributed by atoms with Crippen molar-refractivity contribution >= 4 is 0 Å². The van der Waals surface area contributed by atoms with Crippen LogP contribution in [0.4, 0.5) is 0 Å². The molecule has 3 fully saturated rings. The molecule has 0 radical (unpaired) electrons. The van der Waals surface area contributed by atoms with E-state index in [1.54, 1.807) is 0 Å². The standard InChI is InChI=1S/C30H50O5/c1-20(9-6-15-29(3,4)34)24-13-14-25-22(10-7-16-30(24,25)5)11-12-23-19-26(32)28(27(33)21(23)2)35-18-8-17-31/h11-12,20,24-28,31-34H,2,6-10,13-19H2,1,3-5H3/b22-11-,23-12+/t20-,24-,25?,26-,27-,28+,30-/m1/s1. The van der Waals surface area contributed by atoms with Crippen LogP contribution >= 0.6 is 0 Å². The van der Waals surface area contributed by atoms with Crippen molar-refractivity contribution in [3.8, 4) is 0 Å². The van der Waals surface area contributed by atoms with E-state index >= 15 is 0 Å². The molecule has 0 aliphatic heterocycles. The second-order valence-electron chi connectivity index (χ2n) is 12.4. The normalized spacial score (nSPS) is 37.1. The first-order valence-corrected chi connectivity index (χ1v) is 13.9. The number of allylic oxidation sites excluding steroid dienone is 3. The summed E-state index contributed by atoms with van der Waals surface area (Å²) in [5.74, 6) is 1.98. The smallest absolute Gasteiger partial charge is 0.114 e. The van der Waals surface area contributed by atoms with E-state index in [0.717, 1.165) is 30.8 Å². The molecule has 4 N–H and O–H groups in total. The molecule has 3 saturated carbocycles. The van der Waals surface area contributed by atoms with E-state index in [1.165, 1.54) is 37.7 Å². The van der Waals surface area contributed by atoms with Gasteiger partial charge in [-0.25, -0.2) is 0 Å². The van der Waals surface area contributed by atoms with Crippen molar-refractivity contribution in [2.45, 2.75) is 116 Å². The highest BCUT2D eigenvalue weighted by molar-refractivity contribution is 5.40. The Hall–Kier alpha value is -0.980. The van der Waals surface area contributed by atoms with E-state index in [1.807, 2.05) is 13.8 Å². The van der Waals surface area contributed by atoms with Crippen LogP contribution in [0.25, 0.3) is 0 Å². The van der Waals surface area contributed by atoms with Crippen molar-refractivity contribution in [1.82, 2.24) is 0 Å². The maximum Gasteiger partial charge on any atom is 0.114 e. The third-order valence-corrected chi connectivity index (χ3v) is 9.17. The van der Waals surface area contributed by atoms with Gasteiger partial charge in [0.05, 0.1) is 11.7 Å². The first-order chi connectivity index (χ1) is 16.5. The Bertz CT molecular complexity index is 778. The van der Waals surface area contributed by atoms with Crippen molar-refractivity contribution in [2.24, 2.45) is 23.2 Å². The number of fused-ring (bicyclic) bond motifs is 1. The molecule has 0 bridgehead atoms. The van der Waals surface area contributed by atoms with Crippen LogP contribution in [0.5, 0.6) is 0 Å². The van der Waals surface area contributed by atoms with Crippen LogP contribution in [0.15, 0.2) is 35.5 Å². The molecular formula is C30H50O5. The van der Waals surface area contributed by atoms with Crippen molar-refractivity contribution in [3.05, 3.63) is 35.5 Å². The zero-order valence-electron chi connectivity index (χ0n) is 22.5. The van der Waals surface area contributed by atoms with Gasteiger partial charge in [0.25, 0.3) is 0 Å². The van der Waals surface area contributed by atoms with Crippen LogP contribution in [-0.2, 0) is 4.74 Å². The Balaban J connectivity index is 1.67. The monoisotopic (exact) mass is 490 g/mol. The van der Waals surface area contributed by atoms with Crippen molar-refractivity contribution in [3.63, 3.8) is 0 Å². The van der Waals surface area contributed by atoms with Crippen LogP contribution < -0.4 is 0 Å². The Morgan fingerprint density at radius 1 is 1.20 bits per heavy atom. The molecule has 0 heterocycles. The lowest BCUT2D eigenvalue weighted by atomic mass is 9.60. The zero-order valence-corrected chi connectivity index (χ0v) is 22.5. The molecular weight excluding hydrogens is 440 g/mol. The second-order valence-corrected chi connectivity index (χ2v) is 12.4. The summed E-state index contributed by atoms with van der Waals surface area (Å²) in [5, 5.41) is 40.4. The number of rotatable bonds is 10. The minimum Gasteiger partial charge on any atom is -0.396 e. The Morgan fingerprint density at radius 3 is 2.63 bits per heavy atom. The highest BCUT2D eigenvalue weighted by atomic mass is 16.5. The summed E-state index contributed by atoms with van der Waals surface area (Å²) in [7, 11) is 0. The molecule has 0 aromatic heterocycles. The van der Waals surface area contributed by atoms with Gasteiger partial charge in [0.1, 0.15) is 12.2 Å². The van der Waals surface area contributed by atoms with Gasteiger partial charge in [-0.15, -0.1) is 0 Å². The molecule has 5 nitrogen and oxygen atoms in total. The molecule has 0 saturated heterocycles. The predicted octanol–water partition coefficient (Wildman–Crippen LogP) is 5.08. The number of aliphatic hydroxyl groups excluding tert-OH is 3. The average molecular weight is 491 g/mol. The van der Waals surface area contributed by atoms with Crippen molar-refractivity contribution < 1.29 is 25.2 Å².